The molecule has 0 fully saturated rings. The summed E-state index contributed by atoms with van der Waals surface area (Å²) in [6.07, 6.45) is 0.0775. The van der Waals surface area contributed by atoms with Crippen LogP contribution in [0.2, 0.25) is 0 Å². The Kier molecular flexibility index (Phi) is 4.79. The maximum atomic E-state index is 11.5. The normalized spacial score (nSPS) is 10.3. The lowest BCUT2D eigenvalue weighted by molar-refractivity contribution is -0.142. The maximum absolute atomic E-state index is 11.5. The number of hydrogen-bond donors (Lipinski definition) is 0. The van der Waals surface area contributed by atoms with Crippen LogP contribution in [0.1, 0.15) is 12.6 Å². The number of benzene rings is 1. The maximum Gasteiger partial charge on any atom is 0.312 e. The minimum Gasteiger partial charge on any atom is -0.497 e. The van der Waals surface area contributed by atoms with E-state index in [0.29, 0.717) is 22.9 Å². The summed E-state index contributed by atoms with van der Waals surface area (Å²) < 4.78 is 15.9. The molecule has 0 saturated heterocycles. The molecule has 0 aliphatic heterocycles. The number of halogens is 1. The van der Waals surface area contributed by atoms with Crippen molar-refractivity contribution < 1.29 is 18.7 Å². The van der Waals surface area contributed by atoms with E-state index in [1.54, 1.807) is 14.0 Å². The number of hydrogen-bond acceptors (Lipinski definition) is 5. The molecular weight excluding hydrogens is 326 g/mol. The van der Waals surface area contributed by atoms with E-state index in [4.69, 9.17) is 13.9 Å². The second-order valence-corrected chi connectivity index (χ2v) is 4.67. The van der Waals surface area contributed by atoms with Gasteiger partial charge in [-0.1, -0.05) is 0 Å². The lowest BCUT2D eigenvalue weighted by atomic mass is 10.2. The van der Waals surface area contributed by atoms with Gasteiger partial charge in [-0.3, -0.25) is 4.79 Å². The fourth-order valence-corrected chi connectivity index (χ4v) is 2.03. The van der Waals surface area contributed by atoms with Crippen molar-refractivity contribution in [2.24, 2.45) is 0 Å². The van der Waals surface area contributed by atoms with Crippen LogP contribution in [0.15, 0.2) is 33.4 Å². The first-order valence-corrected chi connectivity index (χ1v) is 6.88. The summed E-state index contributed by atoms with van der Waals surface area (Å²) in [7, 11) is 1.61. The summed E-state index contributed by atoms with van der Waals surface area (Å²) in [4.78, 5) is 15.8. The lowest BCUT2D eigenvalue weighted by Crippen LogP contribution is -2.08. The van der Waals surface area contributed by atoms with Gasteiger partial charge in [-0.05, 0) is 47.1 Å². The molecule has 0 amide bonds. The van der Waals surface area contributed by atoms with E-state index >= 15 is 0 Å². The van der Waals surface area contributed by atoms with Crippen LogP contribution in [-0.4, -0.2) is 24.7 Å². The Bertz CT molecular complexity index is 592. The highest BCUT2D eigenvalue weighted by Gasteiger charge is 2.16. The molecule has 0 bridgehead atoms. The number of esters is 1. The van der Waals surface area contributed by atoms with Crippen molar-refractivity contribution in [2.45, 2.75) is 13.3 Å². The van der Waals surface area contributed by atoms with Crippen LogP contribution in [0.25, 0.3) is 11.5 Å². The highest BCUT2D eigenvalue weighted by atomic mass is 79.9. The van der Waals surface area contributed by atoms with E-state index in [1.165, 1.54) is 0 Å². The van der Waals surface area contributed by atoms with Gasteiger partial charge in [0.1, 0.15) is 11.4 Å². The van der Waals surface area contributed by atoms with Crippen molar-refractivity contribution in [3.05, 3.63) is 34.6 Å². The zero-order valence-electron chi connectivity index (χ0n) is 11.2. The third-order valence-electron chi connectivity index (χ3n) is 2.60. The molecule has 2 rings (SSSR count). The first kappa shape index (κ1) is 14.6. The second-order valence-electron chi connectivity index (χ2n) is 3.95. The molecule has 0 unspecified atom stereocenters. The zero-order chi connectivity index (χ0) is 14.5. The molecule has 0 N–H and O–H groups in total. The van der Waals surface area contributed by atoms with Gasteiger partial charge in [0.05, 0.1) is 20.1 Å². The molecule has 20 heavy (non-hydrogen) atoms. The number of carbonyl (C=O) groups excluding carboxylic acids is 1. The Hall–Kier alpha value is -1.82. The zero-order valence-corrected chi connectivity index (χ0v) is 12.8. The van der Waals surface area contributed by atoms with Gasteiger partial charge >= 0.3 is 5.97 Å². The van der Waals surface area contributed by atoms with E-state index in [9.17, 15) is 4.79 Å². The van der Waals surface area contributed by atoms with Crippen LogP contribution in [0, 0.1) is 0 Å². The van der Waals surface area contributed by atoms with Gasteiger partial charge in [0.15, 0.2) is 4.67 Å². The lowest BCUT2D eigenvalue weighted by Gasteiger charge is -1.99. The van der Waals surface area contributed by atoms with Crippen LogP contribution in [-0.2, 0) is 16.0 Å². The van der Waals surface area contributed by atoms with Gasteiger partial charge in [-0.25, -0.2) is 4.98 Å². The van der Waals surface area contributed by atoms with Gasteiger partial charge in [0.2, 0.25) is 5.89 Å². The fraction of sp³-hybridized carbons (Fsp3) is 0.286. The van der Waals surface area contributed by atoms with Crippen LogP contribution < -0.4 is 4.74 Å². The minimum atomic E-state index is -0.331. The summed E-state index contributed by atoms with van der Waals surface area (Å²) in [6.45, 7) is 2.11. The Morgan fingerprint density at radius 3 is 2.65 bits per heavy atom. The van der Waals surface area contributed by atoms with Crippen molar-refractivity contribution >= 4 is 21.9 Å². The van der Waals surface area contributed by atoms with Gasteiger partial charge in [0.25, 0.3) is 0 Å². The SMILES string of the molecule is CCOC(=O)Cc1nc(-c2ccc(OC)cc2)oc1Br. The van der Waals surface area contributed by atoms with E-state index < -0.39 is 0 Å². The van der Waals surface area contributed by atoms with Crippen LogP contribution in [0.3, 0.4) is 0 Å². The van der Waals surface area contributed by atoms with Gasteiger partial charge in [0, 0.05) is 5.56 Å². The van der Waals surface area contributed by atoms with Crippen molar-refractivity contribution in [2.75, 3.05) is 13.7 Å². The summed E-state index contributed by atoms with van der Waals surface area (Å²) in [6, 6.07) is 7.31. The Morgan fingerprint density at radius 1 is 1.35 bits per heavy atom. The smallest absolute Gasteiger partial charge is 0.312 e. The average Bonchev–Trinajstić information content (AvgIpc) is 2.80. The van der Waals surface area contributed by atoms with Gasteiger partial charge < -0.3 is 13.9 Å². The molecule has 1 aromatic carbocycles. The summed E-state index contributed by atoms with van der Waals surface area (Å²) in [5.41, 5.74) is 1.33. The largest absolute Gasteiger partial charge is 0.497 e. The predicted octanol–water partition coefficient (Wildman–Crippen LogP) is 3.22. The molecule has 0 aliphatic rings. The number of oxazole rings is 1. The minimum absolute atomic E-state index is 0.0775. The highest BCUT2D eigenvalue weighted by Crippen LogP contribution is 2.27. The predicted molar refractivity (Wildman–Crippen MR) is 76.5 cm³/mol. The molecule has 6 heteroatoms. The van der Waals surface area contributed by atoms with Crippen LogP contribution >= 0.6 is 15.9 Å². The molecule has 2 aromatic rings. The molecule has 1 heterocycles. The second kappa shape index (κ2) is 6.56. The number of aromatic nitrogens is 1. The number of nitrogens with zero attached hydrogens (tertiary/aromatic N) is 1. The first-order chi connectivity index (χ1) is 9.63. The number of rotatable bonds is 5. The van der Waals surface area contributed by atoms with E-state index in [2.05, 4.69) is 20.9 Å². The molecular formula is C14H14BrNO4. The van der Waals surface area contributed by atoms with Crippen LogP contribution in [0.4, 0.5) is 0 Å². The summed E-state index contributed by atoms with van der Waals surface area (Å²) in [5, 5.41) is 0. The molecule has 0 atom stereocenters. The quantitative estimate of drug-likeness (QED) is 0.782. The number of methoxy groups -OCH3 is 1. The van der Waals surface area contributed by atoms with Crippen molar-refractivity contribution in [3.63, 3.8) is 0 Å². The molecule has 0 aliphatic carbocycles. The monoisotopic (exact) mass is 339 g/mol. The van der Waals surface area contributed by atoms with Crippen molar-refractivity contribution in [1.29, 1.82) is 0 Å². The molecule has 5 nitrogen and oxygen atoms in total. The molecule has 0 saturated carbocycles. The number of carbonyl (C=O) groups is 1. The first-order valence-electron chi connectivity index (χ1n) is 6.09. The summed E-state index contributed by atoms with van der Waals surface area (Å²) >= 11 is 3.26. The van der Waals surface area contributed by atoms with Crippen LogP contribution in [0.5, 0.6) is 5.75 Å². The Labute approximate surface area is 125 Å². The third-order valence-corrected chi connectivity index (χ3v) is 3.22. The average molecular weight is 340 g/mol. The summed E-state index contributed by atoms with van der Waals surface area (Å²) in [5.74, 6) is 0.868. The van der Waals surface area contributed by atoms with E-state index in [1.807, 2.05) is 24.3 Å². The topological polar surface area (TPSA) is 61.6 Å². The Morgan fingerprint density at radius 2 is 2.05 bits per heavy atom. The van der Waals surface area contributed by atoms with E-state index in [0.717, 1.165) is 11.3 Å². The molecule has 106 valence electrons. The third kappa shape index (κ3) is 3.39. The van der Waals surface area contributed by atoms with Gasteiger partial charge in [-0.2, -0.15) is 0 Å². The number of ether oxygens (including phenoxy) is 2. The molecule has 0 spiro atoms. The van der Waals surface area contributed by atoms with Gasteiger partial charge in [-0.15, -0.1) is 0 Å². The Balaban J connectivity index is 2.19. The van der Waals surface area contributed by atoms with Crippen molar-refractivity contribution in [3.8, 4) is 17.2 Å². The highest BCUT2D eigenvalue weighted by molar-refractivity contribution is 9.10. The standard InChI is InChI=1S/C14H14BrNO4/c1-3-19-12(17)8-11-13(15)20-14(16-11)9-4-6-10(18-2)7-5-9/h4-7H,3,8H2,1-2H3. The van der Waals surface area contributed by atoms with Crippen molar-refractivity contribution in [1.82, 2.24) is 4.98 Å². The fourth-order valence-electron chi connectivity index (χ4n) is 1.65. The molecule has 0 radical (unpaired) electrons. The molecule has 1 aromatic heterocycles. The van der Waals surface area contributed by atoms with E-state index in [-0.39, 0.29) is 12.4 Å².